The molecule has 32 heavy (non-hydrogen) atoms. The van der Waals surface area contributed by atoms with E-state index in [0.717, 1.165) is 25.2 Å². The molecular formula is C22H23Cl3N4O2S. The standard InChI is InChI=1S/C22H23Cl3N4O2S/c1-2-3-20(30)29-10-8-28(9-11-29)19-7-5-15(13-18(19)25)26-22(32)27-21(31)16-12-14(23)4-6-17(16)24/h4-7,12-13H,2-3,8-11H2,1H3,(H2,26,27,31,32). The highest BCUT2D eigenvalue weighted by molar-refractivity contribution is 7.80. The van der Waals surface area contributed by atoms with Crippen LogP contribution in [0.2, 0.25) is 15.1 Å². The van der Waals surface area contributed by atoms with Crippen LogP contribution < -0.4 is 15.5 Å². The zero-order valence-corrected chi connectivity index (χ0v) is 20.5. The molecule has 2 N–H and O–H groups in total. The van der Waals surface area contributed by atoms with E-state index in [1.54, 1.807) is 18.2 Å². The number of halogens is 3. The van der Waals surface area contributed by atoms with E-state index < -0.39 is 5.91 Å². The van der Waals surface area contributed by atoms with Crippen LogP contribution in [-0.2, 0) is 4.79 Å². The first-order chi connectivity index (χ1) is 15.3. The number of benzene rings is 2. The fraction of sp³-hybridized carbons (Fsp3) is 0.318. The number of piperazine rings is 1. The van der Waals surface area contributed by atoms with Gasteiger partial charge in [0.05, 0.1) is 21.3 Å². The number of carbonyl (C=O) groups excluding carboxylic acids is 2. The highest BCUT2D eigenvalue weighted by Gasteiger charge is 2.22. The predicted octanol–water partition coefficient (Wildman–Crippen LogP) is 5.22. The van der Waals surface area contributed by atoms with Crippen LogP contribution in [-0.4, -0.2) is 48.0 Å². The average Bonchev–Trinajstić information content (AvgIpc) is 2.75. The van der Waals surface area contributed by atoms with Crippen molar-refractivity contribution in [2.45, 2.75) is 19.8 Å². The summed E-state index contributed by atoms with van der Waals surface area (Å²) in [5.41, 5.74) is 1.76. The van der Waals surface area contributed by atoms with Crippen molar-refractivity contribution in [1.82, 2.24) is 10.2 Å². The van der Waals surface area contributed by atoms with Gasteiger partial charge in [0.15, 0.2) is 5.11 Å². The van der Waals surface area contributed by atoms with Crippen molar-refractivity contribution < 1.29 is 9.59 Å². The van der Waals surface area contributed by atoms with Crippen LogP contribution in [0.3, 0.4) is 0 Å². The molecule has 1 aliphatic rings. The zero-order valence-electron chi connectivity index (χ0n) is 17.5. The number of nitrogens with one attached hydrogen (secondary N) is 2. The molecule has 0 saturated carbocycles. The molecule has 0 radical (unpaired) electrons. The van der Waals surface area contributed by atoms with Gasteiger partial charge in [-0.2, -0.15) is 0 Å². The predicted molar refractivity (Wildman–Crippen MR) is 135 cm³/mol. The van der Waals surface area contributed by atoms with Crippen molar-refractivity contribution in [3.05, 3.63) is 57.0 Å². The molecule has 2 amide bonds. The van der Waals surface area contributed by atoms with E-state index in [0.29, 0.717) is 35.2 Å². The third-order valence-electron chi connectivity index (χ3n) is 5.04. The smallest absolute Gasteiger partial charge is 0.258 e. The first-order valence-corrected chi connectivity index (χ1v) is 11.7. The van der Waals surface area contributed by atoms with E-state index >= 15 is 0 Å². The summed E-state index contributed by atoms with van der Waals surface area (Å²) in [6, 6.07) is 10.1. The summed E-state index contributed by atoms with van der Waals surface area (Å²) in [4.78, 5) is 28.5. The summed E-state index contributed by atoms with van der Waals surface area (Å²) >= 11 is 23.7. The molecule has 1 fully saturated rings. The molecule has 170 valence electrons. The molecule has 1 heterocycles. The number of hydrogen-bond donors (Lipinski definition) is 2. The van der Waals surface area contributed by atoms with E-state index in [2.05, 4.69) is 15.5 Å². The minimum absolute atomic E-state index is 0.109. The number of amides is 2. The minimum atomic E-state index is -0.465. The number of carbonyl (C=O) groups is 2. The molecule has 1 aliphatic heterocycles. The molecule has 10 heteroatoms. The molecule has 0 aromatic heterocycles. The molecule has 0 unspecified atom stereocenters. The highest BCUT2D eigenvalue weighted by atomic mass is 35.5. The molecule has 6 nitrogen and oxygen atoms in total. The molecule has 0 bridgehead atoms. The monoisotopic (exact) mass is 512 g/mol. The first-order valence-electron chi connectivity index (χ1n) is 10.2. The van der Waals surface area contributed by atoms with Gasteiger partial charge in [-0.3, -0.25) is 14.9 Å². The van der Waals surface area contributed by atoms with Crippen molar-refractivity contribution in [3.8, 4) is 0 Å². The average molecular weight is 514 g/mol. The van der Waals surface area contributed by atoms with Gasteiger partial charge in [0, 0.05) is 43.3 Å². The van der Waals surface area contributed by atoms with Gasteiger partial charge in [0.2, 0.25) is 5.91 Å². The lowest BCUT2D eigenvalue weighted by Crippen LogP contribution is -2.48. The third kappa shape index (κ3) is 6.25. The molecule has 2 aromatic carbocycles. The Hall–Kier alpha value is -2.06. The van der Waals surface area contributed by atoms with Crippen LogP contribution in [0.4, 0.5) is 11.4 Å². The Kier molecular flexibility index (Phi) is 8.59. The van der Waals surface area contributed by atoms with Crippen molar-refractivity contribution in [2.24, 2.45) is 0 Å². The third-order valence-corrected chi connectivity index (χ3v) is 6.11. The normalized spacial score (nSPS) is 13.6. The van der Waals surface area contributed by atoms with Crippen molar-refractivity contribution >= 4 is 75.3 Å². The maximum absolute atomic E-state index is 12.4. The molecule has 0 aliphatic carbocycles. The van der Waals surface area contributed by atoms with Crippen LogP contribution in [0, 0.1) is 0 Å². The molecule has 0 spiro atoms. The van der Waals surface area contributed by atoms with Gasteiger partial charge in [-0.15, -0.1) is 0 Å². The van der Waals surface area contributed by atoms with Crippen LogP contribution >= 0.6 is 47.0 Å². The van der Waals surface area contributed by atoms with Gasteiger partial charge in [0.1, 0.15) is 0 Å². The fourth-order valence-electron chi connectivity index (χ4n) is 3.41. The Balaban J connectivity index is 1.58. The van der Waals surface area contributed by atoms with Gasteiger partial charge in [0.25, 0.3) is 5.91 Å². The van der Waals surface area contributed by atoms with Gasteiger partial charge < -0.3 is 15.1 Å². The molecule has 3 rings (SSSR count). The maximum atomic E-state index is 12.4. The Morgan fingerprint density at radius 3 is 2.38 bits per heavy atom. The van der Waals surface area contributed by atoms with Gasteiger partial charge in [-0.25, -0.2) is 0 Å². The Morgan fingerprint density at radius 1 is 1.00 bits per heavy atom. The summed E-state index contributed by atoms with van der Waals surface area (Å²) in [6.45, 7) is 4.80. The summed E-state index contributed by atoms with van der Waals surface area (Å²) < 4.78 is 0. The van der Waals surface area contributed by atoms with Crippen LogP contribution in [0.1, 0.15) is 30.1 Å². The van der Waals surface area contributed by atoms with E-state index in [-0.39, 0.29) is 21.6 Å². The Bertz CT molecular complexity index is 1030. The van der Waals surface area contributed by atoms with Crippen molar-refractivity contribution in [1.29, 1.82) is 0 Å². The summed E-state index contributed by atoms with van der Waals surface area (Å²) in [6.07, 6.45) is 1.44. The molecule has 2 aromatic rings. The number of thiocarbonyl (C=S) groups is 1. The quantitative estimate of drug-likeness (QED) is 0.537. The van der Waals surface area contributed by atoms with Crippen LogP contribution in [0.25, 0.3) is 0 Å². The van der Waals surface area contributed by atoms with Crippen molar-refractivity contribution in [3.63, 3.8) is 0 Å². The summed E-state index contributed by atoms with van der Waals surface area (Å²) in [7, 11) is 0. The van der Waals surface area contributed by atoms with Gasteiger partial charge in [-0.05, 0) is 55.0 Å². The van der Waals surface area contributed by atoms with Gasteiger partial charge in [-0.1, -0.05) is 41.7 Å². The number of hydrogen-bond acceptors (Lipinski definition) is 4. The minimum Gasteiger partial charge on any atom is -0.367 e. The van der Waals surface area contributed by atoms with Crippen LogP contribution in [0.5, 0.6) is 0 Å². The lowest BCUT2D eigenvalue weighted by molar-refractivity contribution is -0.131. The highest BCUT2D eigenvalue weighted by Crippen LogP contribution is 2.30. The van der Waals surface area contributed by atoms with Crippen molar-refractivity contribution in [2.75, 3.05) is 36.4 Å². The Labute approximate surface area is 207 Å². The largest absolute Gasteiger partial charge is 0.367 e. The number of anilines is 2. The number of rotatable bonds is 5. The summed E-state index contributed by atoms with van der Waals surface area (Å²) in [5, 5.41) is 6.87. The number of nitrogens with zero attached hydrogens (tertiary/aromatic N) is 2. The van der Waals surface area contributed by atoms with Gasteiger partial charge >= 0.3 is 0 Å². The first kappa shape index (κ1) is 24.6. The second-order valence-corrected chi connectivity index (χ2v) is 8.98. The molecular weight excluding hydrogens is 491 g/mol. The van der Waals surface area contributed by atoms with E-state index in [1.807, 2.05) is 24.0 Å². The zero-order chi connectivity index (χ0) is 23.3. The lowest BCUT2D eigenvalue weighted by atomic mass is 10.2. The van der Waals surface area contributed by atoms with E-state index in [1.165, 1.54) is 6.07 Å². The van der Waals surface area contributed by atoms with E-state index in [4.69, 9.17) is 47.0 Å². The second kappa shape index (κ2) is 11.2. The molecule has 1 saturated heterocycles. The topological polar surface area (TPSA) is 64.7 Å². The fourth-order valence-corrected chi connectivity index (χ4v) is 4.30. The lowest BCUT2D eigenvalue weighted by Gasteiger charge is -2.36. The van der Waals surface area contributed by atoms with E-state index in [9.17, 15) is 9.59 Å². The Morgan fingerprint density at radius 2 is 1.72 bits per heavy atom. The SMILES string of the molecule is CCCC(=O)N1CCN(c2ccc(NC(=S)NC(=O)c3cc(Cl)ccc3Cl)cc2Cl)CC1. The molecule has 0 atom stereocenters. The maximum Gasteiger partial charge on any atom is 0.258 e. The second-order valence-electron chi connectivity index (χ2n) is 7.32. The van der Waals surface area contributed by atoms with Crippen LogP contribution in [0.15, 0.2) is 36.4 Å². The summed E-state index contributed by atoms with van der Waals surface area (Å²) in [5.74, 6) is -0.263.